The van der Waals surface area contributed by atoms with Crippen LogP contribution in [-0.4, -0.2) is 24.7 Å². The highest BCUT2D eigenvalue weighted by molar-refractivity contribution is 9.10. The van der Waals surface area contributed by atoms with E-state index in [1.54, 1.807) is 12.1 Å². The highest BCUT2D eigenvalue weighted by Gasteiger charge is 2.18. The Hall–Kier alpha value is -1.85. The Bertz CT molecular complexity index is 616. The normalized spacial score (nSPS) is 11.9. The third kappa shape index (κ3) is 4.06. The highest BCUT2D eigenvalue weighted by Crippen LogP contribution is 2.31. The van der Waals surface area contributed by atoms with Gasteiger partial charge in [-0.3, -0.25) is 10.1 Å². The van der Waals surface area contributed by atoms with Crippen LogP contribution in [0.25, 0.3) is 0 Å². The Morgan fingerprint density at radius 1 is 1.29 bits per heavy atom. The number of hydrogen-bond donors (Lipinski definition) is 2. The molecule has 5 heteroatoms. The number of rotatable bonds is 5. The predicted octanol–water partition coefficient (Wildman–Crippen LogP) is 3.01. The maximum atomic E-state index is 11.4. The molecular formula is C16H16BrNO3. The fourth-order valence-electron chi connectivity index (χ4n) is 2.07. The Morgan fingerprint density at radius 2 is 2.00 bits per heavy atom. The van der Waals surface area contributed by atoms with E-state index in [9.17, 15) is 9.90 Å². The summed E-state index contributed by atoms with van der Waals surface area (Å²) in [7, 11) is 1.35. The van der Waals surface area contributed by atoms with Crippen LogP contribution in [0.1, 0.15) is 17.2 Å². The molecule has 110 valence electrons. The molecule has 0 fully saturated rings. The van der Waals surface area contributed by atoms with Gasteiger partial charge in [0.05, 0.1) is 19.7 Å². The van der Waals surface area contributed by atoms with Crippen molar-refractivity contribution in [3.05, 3.63) is 64.1 Å². The molecule has 0 aliphatic heterocycles. The minimum absolute atomic E-state index is 0.0576. The molecular weight excluding hydrogens is 334 g/mol. The van der Waals surface area contributed by atoms with Gasteiger partial charge in [-0.1, -0.05) is 46.3 Å². The first-order valence-electron chi connectivity index (χ1n) is 6.45. The van der Waals surface area contributed by atoms with E-state index < -0.39 is 0 Å². The molecule has 2 aromatic carbocycles. The molecule has 0 saturated carbocycles. The summed E-state index contributed by atoms with van der Waals surface area (Å²) in [4.78, 5) is 11.4. The average Bonchev–Trinajstić information content (AvgIpc) is 2.51. The van der Waals surface area contributed by atoms with Crippen LogP contribution in [0.3, 0.4) is 0 Å². The number of halogens is 1. The van der Waals surface area contributed by atoms with Crippen molar-refractivity contribution >= 4 is 21.9 Å². The molecule has 0 aliphatic carbocycles. The lowest BCUT2D eigenvalue weighted by Gasteiger charge is -2.20. The van der Waals surface area contributed by atoms with Gasteiger partial charge in [0.1, 0.15) is 5.75 Å². The van der Waals surface area contributed by atoms with Gasteiger partial charge in [0.2, 0.25) is 0 Å². The molecule has 1 atom stereocenters. The van der Waals surface area contributed by atoms with Crippen molar-refractivity contribution < 1.29 is 14.6 Å². The molecule has 0 amide bonds. The van der Waals surface area contributed by atoms with Crippen molar-refractivity contribution in [3.63, 3.8) is 0 Å². The van der Waals surface area contributed by atoms with Gasteiger partial charge in [0.25, 0.3) is 0 Å². The van der Waals surface area contributed by atoms with Crippen LogP contribution in [0.4, 0.5) is 0 Å². The molecule has 21 heavy (non-hydrogen) atoms. The second-order valence-electron chi connectivity index (χ2n) is 4.50. The largest absolute Gasteiger partial charge is 0.508 e. The van der Waals surface area contributed by atoms with E-state index in [4.69, 9.17) is 0 Å². The molecule has 0 saturated heterocycles. The number of phenolic OH excluding ortho intramolecular Hbond substituents is 1. The Morgan fingerprint density at radius 3 is 2.67 bits per heavy atom. The summed E-state index contributed by atoms with van der Waals surface area (Å²) in [5.74, 6) is -0.185. The number of ether oxygens (including phenoxy) is 1. The van der Waals surface area contributed by atoms with E-state index in [-0.39, 0.29) is 24.3 Å². The summed E-state index contributed by atoms with van der Waals surface area (Å²) in [6.07, 6.45) is 0. The second kappa shape index (κ2) is 7.24. The van der Waals surface area contributed by atoms with E-state index in [0.717, 1.165) is 10.0 Å². The highest BCUT2D eigenvalue weighted by atomic mass is 79.9. The lowest BCUT2D eigenvalue weighted by atomic mass is 9.98. The molecule has 0 radical (unpaired) electrons. The zero-order chi connectivity index (χ0) is 15.2. The first kappa shape index (κ1) is 15.5. The number of hydrogen-bond acceptors (Lipinski definition) is 4. The van der Waals surface area contributed by atoms with Crippen LogP contribution < -0.4 is 5.32 Å². The number of methoxy groups -OCH3 is 1. The van der Waals surface area contributed by atoms with E-state index in [2.05, 4.69) is 26.0 Å². The number of carbonyl (C=O) groups is 1. The van der Waals surface area contributed by atoms with Gasteiger partial charge in [0, 0.05) is 10.0 Å². The topological polar surface area (TPSA) is 58.6 Å². The summed E-state index contributed by atoms with van der Waals surface area (Å²) >= 11 is 3.40. The minimum atomic E-state index is -0.356. The number of nitrogens with one attached hydrogen (secondary N) is 1. The summed E-state index contributed by atoms with van der Waals surface area (Å²) in [6, 6.07) is 14.5. The Labute approximate surface area is 131 Å². The first-order chi connectivity index (χ1) is 10.1. The van der Waals surface area contributed by atoms with Crippen LogP contribution in [0.15, 0.2) is 53.0 Å². The first-order valence-corrected chi connectivity index (χ1v) is 7.24. The van der Waals surface area contributed by atoms with Crippen LogP contribution in [0.5, 0.6) is 5.75 Å². The molecule has 0 spiro atoms. The summed E-state index contributed by atoms with van der Waals surface area (Å²) in [5.41, 5.74) is 1.65. The zero-order valence-corrected chi connectivity index (χ0v) is 13.1. The van der Waals surface area contributed by atoms with Crippen molar-refractivity contribution in [2.45, 2.75) is 6.04 Å². The minimum Gasteiger partial charge on any atom is -0.508 e. The second-order valence-corrected chi connectivity index (χ2v) is 5.42. The van der Waals surface area contributed by atoms with E-state index in [1.807, 2.05) is 36.4 Å². The van der Waals surface area contributed by atoms with Gasteiger partial charge in [-0.2, -0.15) is 0 Å². The standard InChI is InChI=1S/C16H16BrNO3/c1-21-15(20)10-18-16(11-5-3-2-4-6-11)13-9-12(17)7-8-14(13)19/h2-9,16,18-19H,10H2,1H3. The number of aromatic hydroxyl groups is 1. The van der Waals surface area contributed by atoms with Gasteiger partial charge in [-0.15, -0.1) is 0 Å². The number of esters is 1. The third-order valence-electron chi connectivity index (χ3n) is 3.11. The zero-order valence-electron chi connectivity index (χ0n) is 11.5. The van der Waals surface area contributed by atoms with Gasteiger partial charge in [-0.05, 0) is 23.8 Å². The molecule has 0 aliphatic rings. The summed E-state index contributed by atoms with van der Waals surface area (Å²) in [6.45, 7) is 0.0576. The third-order valence-corrected chi connectivity index (χ3v) is 3.60. The smallest absolute Gasteiger partial charge is 0.319 e. The van der Waals surface area contributed by atoms with E-state index >= 15 is 0 Å². The molecule has 1 unspecified atom stereocenters. The van der Waals surface area contributed by atoms with Crippen LogP contribution in [0.2, 0.25) is 0 Å². The SMILES string of the molecule is COC(=O)CNC(c1ccccc1)c1cc(Br)ccc1O. The lowest BCUT2D eigenvalue weighted by molar-refractivity contribution is -0.139. The fourth-order valence-corrected chi connectivity index (χ4v) is 2.45. The molecule has 4 nitrogen and oxygen atoms in total. The predicted molar refractivity (Wildman–Crippen MR) is 84.1 cm³/mol. The van der Waals surface area contributed by atoms with Gasteiger partial charge in [-0.25, -0.2) is 0 Å². The quantitative estimate of drug-likeness (QED) is 0.814. The van der Waals surface area contributed by atoms with Crippen molar-refractivity contribution in [1.29, 1.82) is 0 Å². The van der Waals surface area contributed by atoms with Crippen LogP contribution >= 0.6 is 15.9 Å². The average molecular weight is 350 g/mol. The lowest BCUT2D eigenvalue weighted by Crippen LogP contribution is -2.29. The van der Waals surface area contributed by atoms with Crippen LogP contribution in [-0.2, 0) is 9.53 Å². The summed E-state index contributed by atoms with van der Waals surface area (Å²) < 4.78 is 5.51. The van der Waals surface area contributed by atoms with Gasteiger partial charge in [0.15, 0.2) is 0 Å². The maximum Gasteiger partial charge on any atom is 0.319 e. The molecule has 2 rings (SSSR count). The maximum absolute atomic E-state index is 11.4. The van der Waals surface area contributed by atoms with Crippen molar-refractivity contribution in [3.8, 4) is 5.75 Å². The van der Waals surface area contributed by atoms with Crippen LogP contribution in [0, 0.1) is 0 Å². The Kier molecular flexibility index (Phi) is 5.36. The monoisotopic (exact) mass is 349 g/mol. The van der Waals surface area contributed by atoms with Crippen molar-refractivity contribution in [2.75, 3.05) is 13.7 Å². The van der Waals surface area contributed by atoms with E-state index in [1.165, 1.54) is 7.11 Å². The molecule has 2 aromatic rings. The Balaban J connectivity index is 2.35. The number of phenols is 1. The molecule has 2 N–H and O–H groups in total. The molecule has 0 bridgehead atoms. The van der Waals surface area contributed by atoms with Crippen molar-refractivity contribution in [1.82, 2.24) is 5.32 Å². The van der Waals surface area contributed by atoms with Crippen molar-refractivity contribution in [2.24, 2.45) is 0 Å². The summed E-state index contributed by atoms with van der Waals surface area (Å²) in [5, 5.41) is 13.2. The molecule has 0 heterocycles. The molecule has 0 aromatic heterocycles. The fraction of sp³-hybridized carbons (Fsp3) is 0.188. The van der Waals surface area contributed by atoms with Gasteiger partial charge < -0.3 is 9.84 Å². The number of benzene rings is 2. The van der Waals surface area contributed by atoms with E-state index in [0.29, 0.717) is 5.56 Å². The van der Waals surface area contributed by atoms with Gasteiger partial charge >= 0.3 is 5.97 Å². The number of carbonyl (C=O) groups excluding carboxylic acids is 1.